The second kappa shape index (κ2) is 11.5. The quantitative estimate of drug-likeness (QED) is 0.288. The zero-order valence-corrected chi connectivity index (χ0v) is 21.8. The molecule has 0 saturated heterocycles. The Bertz CT molecular complexity index is 1310. The van der Waals surface area contributed by atoms with E-state index >= 15 is 0 Å². The monoisotopic (exact) mass is 528 g/mol. The number of hydrogen-bond acceptors (Lipinski definition) is 7. The van der Waals surface area contributed by atoms with Crippen LogP contribution in [-0.4, -0.2) is 57.2 Å². The maximum atomic E-state index is 12.5. The van der Waals surface area contributed by atoms with Crippen LogP contribution in [-0.2, 0) is 4.74 Å². The molecule has 3 aromatic rings. The first-order valence-electron chi connectivity index (χ1n) is 11.3. The maximum absolute atomic E-state index is 12.5. The molecule has 4 N–H and O–H groups in total. The summed E-state index contributed by atoms with van der Waals surface area (Å²) in [6.07, 6.45) is 1.23. The van der Waals surface area contributed by atoms with Gasteiger partial charge in [-0.25, -0.2) is 9.18 Å². The van der Waals surface area contributed by atoms with E-state index in [1.807, 2.05) is 19.2 Å². The minimum absolute atomic E-state index is 0.0538. The van der Waals surface area contributed by atoms with E-state index in [-0.39, 0.29) is 27.7 Å². The summed E-state index contributed by atoms with van der Waals surface area (Å²) < 4.78 is 22.6. The van der Waals surface area contributed by atoms with Crippen LogP contribution in [0.5, 0.6) is 5.75 Å². The van der Waals surface area contributed by atoms with Crippen LogP contribution in [0.3, 0.4) is 0 Å². The third-order valence-electron chi connectivity index (χ3n) is 6.30. The number of anilines is 4. The van der Waals surface area contributed by atoms with Gasteiger partial charge >= 0.3 is 5.97 Å². The molecule has 1 aliphatic heterocycles. The molecule has 0 bridgehead atoms. The van der Waals surface area contributed by atoms with E-state index in [0.717, 1.165) is 17.1 Å². The SMILES string of the molecule is COC[C@@]1(C)CN(c2ccc(C(=O)O)c(Cl)c2)c2cc(N)c(C=N)cc2N1C.COc1ccccc1F. The minimum atomic E-state index is -1.07. The smallest absolute Gasteiger partial charge is 0.337 e. The van der Waals surface area contributed by atoms with E-state index in [2.05, 4.69) is 21.5 Å². The molecule has 0 fully saturated rings. The average molecular weight is 529 g/mol. The van der Waals surface area contributed by atoms with Crippen molar-refractivity contribution < 1.29 is 23.8 Å². The number of nitrogens with two attached hydrogens (primary N) is 1. The van der Waals surface area contributed by atoms with Crippen molar-refractivity contribution in [1.29, 1.82) is 5.41 Å². The first-order valence-corrected chi connectivity index (χ1v) is 11.7. The van der Waals surface area contributed by atoms with Gasteiger partial charge in [-0.05, 0) is 49.4 Å². The molecule has 1 aliphatic rings. The highest BCUT2D eigenvalue weighted by atomic mass is 35.5. The number of carbonyl (C=O) groups is 1. The standard InChI is InChI=1S/C20H23ClN4O3.C7H7FO/c1-20(11-28-3)10-25(13-4-5-14(19(26)27)15(21)7-13)18-8-16(23)12(9-22)6-17(18)24(20)2;1-9-7-5-3-2-4-6(7)8/h4-9,22H,10-11,23H2,1-3H3,(H,26,27);2-5H,1H3/t20-;/m1./s1. The molecular formula is C27H30ClFN4O4. The highest BCUT2D eigenvalue weighted by Crippen LogP contribution is 2.45. The lowest BCUT2D eigenvalue weighted by molar-refractivity contribution is 0.0697. The van der Waals surface area contributed by atoms with Crippen molar-refractivity contribution in [2.24, 2.45) is 0 Å². The highest BCUT2D eigenvalue weighted by Gasteiger charge is 2.39. The van der Waals surface area contributed by atoms with Gasteiger partial charge in [0.2, 0.25) is 0 Å². The Morgan fingerprint density at radius 3 is 2.46 bits per heavy atom. The lowest BCUT2D eigenvalue weighted by atomic mass is 9.93. The number of halogens is 2. The summed E-state index contributed by atoms with van der Waals surface area (Å²) in [4.78, 5) is 15.5. The molecule has 0 spiro atoms. The van der Waals surface area contributed by atoms with Crippen LogP contribution >= 0.6 is 11.6 Å². The van der Waals surface area contributed by atoms with Crippen molar-refractivity contribution in [1.82, 2.24) is 0 Å². The van der Waals surface area contributed by atoms with Crippen molar-refractivity contribution in [2.75, 3.05) is 50.0 Å². The van der Waals surface area contributed by atoms with Gasteiger partial charge in [0.1, 0.15) is 0 Å². The molecule has 0 amide bonds. The molecule has 0 radical (unpaired) electrons. The molecule has 4 rings (SSSR count). The Kier molecular flexibility index (Phi) is 8.62. The summed E-state index contributed by atoms with van der Waals surface area (Å²) in [6, 6.07) is 14.9. The van der Waals surface area contributed by atoms with Crippen molar-refractivity contribution in [3.63, 3.8) is 0 Å². The number of hydrogen-bond donors (Lipinski definition) is 3. The Labute approximate surface area is 220 Å². The Morgan fingerprint density at radius 2 is 1.92 bits per heavy atom. The summed E-state index contributed by atoms with van der Waals surface area (Å²) in [5.41, 5.74) is 9.47. The third kappa shape index (κ3) is 5.79. The number of para-hydroxylation sites is 1. The molecule has 1 atom stereocenters. The van der Waals surface area contributed by atoms with Gasteiger partial charge < -0.3 is 35.5 Å². The molecule has 0 unspecified atom stereocenters. The van der Waals surface area contributed by atoms with Gasteiger partial charge in [-0.15, -0.1) is 0 Å². The number of nitrogen functional groups attached to an aromatic ring is 1. The number of aromatic carboxylic acids is 1. The van der Waals surface area contributed by atoms with E-state index in [1.165, 1.54) is 25.5 Å². The van der Waals surface area contributed by atoms with Crippen LogP contribution in [0.15, 0.2) is 54.6 Å². The van der Waals surface area contributed by atoms with Gasteiger partial charge in [-0.2, -0.15) is 0 Å². The van der Waals surface area contributed by atoms with E-state index in [4.69, 9.17) is 27.5 Å². The summed E-state index contributed by atoms with van der Waals surface area (Å²) >= 11 is 6.21. The zero-order valence-electron chi connectivity index (χ0n) is 21.1. The first kappa shape index (κ1) is 27.8. The normalized spacial score (nSPS) is 16.4. The molecule has 37 heavy (non-hydrogen) atoms. The number of ether oxygens (including phenoxy) is 2. The number of nitrogens with zero attached hydrogens (tertiary/aromatic N) is 2. The molecule has 0 aromatic heterocycles. The summed E-state index contributed by atoms with van der Waals surface area (Å²) in [7, 11) is 5.08. The van der Waals surface area contributed by atoms with E-state index in [0.29, 0.717) is 24.4 Å². The van der Waals surface area contributed by atoms with Crippen LogP contribution in [0.2, 0.25) is 5.02 Å². The molecular weight excluding hydrogens is 499 g/mol. The van der Waals surface area contributed by atoms with Crippen LogP contribution < -0.4 is 20.3 Å². The lowest BCUT2D eigenvalue weighted by Crippen LogP contribution is -2.58. The molecule has 0 aliphatic carbocycles. The first-order chi connectivity index (χ1) is 17.6. The molecule has 3 aromatic carbocycles. The predicted octanol–water partition coefficient (Wildman–Crippen LogP) is 5.45. The number of methoxy groups -OCH3 is 2. The molecule has 0 saturated carbocycles. The number of rotatable bonds is 6. The van der Waals surface area contributed by atoms with Gasteiger partial charge in [-0.1, -0.05) is 23.7 Å². The second-order valence-electron chi connectivity index (χ2n) is 8.79. The Balaban J connectivity index is 0.000000356. The minimum Gasteiger partial charge on any atom is -0.494 e. The van der Waals surface area contributed by atoms with E-state index in [1.54, 1.807) is 37.4 Å². The van der Waals surface area contributed by atoms with Crippen molar-refractivity contribution in [3.8, 4) is 5.75 Å². The zero-order chi connectivity index (χ0) is 27.3. The van der Waals surface area contributed by atoms with Crippen LogP contribution in [0.25, 0.3) is 0 Å². The fourth-order valence-corrected chi connectivity index (χ4v) is 4.44. The van der Waals surface area contributed by atoms with Crippen LogP contribution in [0.1, 0.15) is 22.8 Å². The highest BCUT2D eigenvalue weighted by molar-refractivity contribution is 6.33. The molecule has 1 heterocycles. The van der Waals surface area contributed by atoms with Crippen LogP contribution in [0.4, 0.5) is 27.1 Å². The van der Waals surface area contributed by atoms with Crippen molar-refractivity contribution in [3.05, 3.63) is 76.6 Å². The summed E-state index contributed by atoms with van der Waals surface area (Å²) in [6.45, 7) is 3.14. The number of carboxylic acids is 1. The van der Waals surface area contributed by atoms with Gasteiger partial charge in [0.25, 0.3) is 0 Å². The predicted molar refractivity (Wildman–Crippen MR) is 146 cm³/mol. The van der Waals surface area contributed by atoms with E-state index in [9.17, 15) is 14.3 Å². The third-order valence-corrected chi connectivity index (χ3v) is 6.62. The van der Waals surface area contributed by atoms with Gasteiger partial charge in [0.05, 0.1) is 41.2 Å². The maximum Gasteiger partial charge on any atom is 0.337 e. The Morgan fingerprint density at radius 1 is 1.22 bits per heavy atom. The van der Waals surface area contributed by atoms with Gasteiger partial charge in [-0.3, -0.25) is 0 Å². The summed E-state index contributed by atoms with van der Waals surface area (Å²) in [5.74, 6) is -1.10. The number of fused-ring (bicyclic) bond motifs is 1. The van der Waals surface area contributed by atoms with Crippen molar-refractivity contribution in [2.45, 2.75) is 12.5 Å². The average Bonchev–Trinajstić information content (AvgIpc) is 2.87. The molecule has 196 valence electrons. The number of benzene rings is 3. The lowest BCUT2D eigenvalue weighted by Gasteiger charge is -2.49. The fraction of sp³-hybridized carbons (Fsp3) is 0.259. The topological polar surface area (TPSA) is 112 Å². The van der Waals surface area contributed by atoms with Crippen molar-refractivity contribution >= 4 is 46.5 Å². The van der Waals surface area contributed by atoms with E-state index < -0.39 is 5.97 Å². The Hall–Kier alpha value is -3.82. The largest absolute Gasteiger partial charge is 0.494 e. The molecule has 10 heteroatoms. The number of carboxylic acid groups (broad SMARTS) is 1. The number of likely N-dealkylation sites (N-methyl/N-ethyl adjacent to an activating group) is 1. The molecule has 8 nitrogen and oxygen atoms in total. The number of nitrogens with one attached hydrogen (secondary N) is 1. The van der Waals surface area contributed by atoms with Gasteiger partial charge in [0.15, 0.2) is 11.6 Å². The second-order valence-corrected chi connectivity index (χ2v) is 9.20. The van der Waals surface area contributed by atoms with Crippen LogP contribution in [0, 0.1) is 11.2 Å². The fourth-order valence-electron chi connectivity index (χ4n) is 4.18. The summed E-state index contributed by atoms with van der Waals surface area (Å²) in [5, 5.41) is 17.0. The van der Waals surface area contributed by atoms with Gasteiger partial charge in [0, 0.05) is 43.9 Å².